The molecule has 0 aliphatic heterocycles. The minimum Gasteiger partial charge on any atom is -0.508 e. The first-order valence-corrected chi connectivity index (χ1v) is 28.5. The lowest BCUT2D eigenvalue weighted by atomic mass is 9.71. The first kappa shape index (κ1) is 45.8. The summed E-state index contributed by atoms with van der Waals surface area (Å²) in [7, 11) is -5.68. The number of rotatable bonds is 6. The molecule has 65 heavy (non-hydrogen) atoms. The summed E-state index contributed by atoms with van der Waals surface area (Å²) < 4.78 is 68.0. The van der Waals surface area contributed by atoms with Crippen molar-refractivity contribution in [1.82, 2.24) is 0 Å². The lowest BCUT2D eigenvalue weighted by Crippen LogP contribution is -2.28. The summed E-state index contributed by atoms with van der Waals surface area (Å²) in [5.41, 5.74) is -0.361. The van der Waals surface area contributed by atoms with E-state index >= 15 is 0 Å². The zero-order valence-corrected chi connectivity index (χ0v) is 39.7. The number of phenolic OH excluding ortho intramolecular Hbond substituents is 1. The van der Waals surface area contributed by atoms with Crippen LogP contribution in [0.3, 0.4) is 0 Å². The Kier molecular flexibility index (Phi) is 12.2. The predicted octanol–water partition coefficient (Wildman–Crippen LogP) is 15.5. The molecule has 12 fully saturated rings. The topological polar surface area (TPSA) is 63.6 Å². The molecular formula is C55H73Cl2F3O4S. The van der Waals surface area contributed by atoms with Crippen LogP contribution in [0.25, 0.3) is 0 Å². The summed E-state index contributed by atoms with van der Waals surface area (Å²) in [6.07, 6.45) is 27.1. The number of alkyl halides is 5. The van der Waals surface area contributed by atoms with Crippen molar-refractivity contribution in [2.75, 3.05) is 5.34 Å². The molecule has 358 valence electrons. The largest absolute Gasteiger partial charge is 0.534 e. The van der Waals surface area contributed by atoms with E-state index in [1.807, 2.05) is 0 Å². The van der Waals surface area contributed by atoms with Crippen molar-refractivity contribution in [3.63, 3.8) is 0 Å². The van der Waals surface area contributed by atoms with Gasteiger partial charge in [0.1, 0.15) is 11.5 Å². The fourth-order valence-electron chi connectivity index (χ4n) is 20.2. The lowest BCUT2D eigenvalue weighted by Gasteiger charge is -2.34. The molecule has 0 amide bonds. The number of aromatic hydroxyl groups is 1. The van der Waals surface area contributed by atoms with Crippen LogP contribution in [-0.4, -0.2) is 24.4 Å². The molecule has 0 saturated heterocycles. The van der Waals surface area contributed by atoms with Gasteiger partial charge in [-0.05, 0) is 268 Å². The Morgan fingerprint density at radius 3 is 1.05 bits per heavy atom. The number of halogens is 5. The molecule has 8 bridgehead atoms. The molecule has 2 aromatic carbocycles. The maximum Gasteiger partial charge on any atom is 0.534 e. The second-order valence-electron chi connectivity index (χ2n) is 23.8. The van der Waals surface area contributed by atoms with Gasteiger partial charge in [0.25, 0.3) is 0 Å². The van der Waals surface area contributed by atoms with Crippen molar-refractivity contribution in [2.24, 2.45) is 94.7 Å². The van der Waals surface area contributed by atoms with E-state index in [4.69, 9.17) is 27.4 Å². The molecule has 12 saturated carbocycles. The molecule has 10 heteroatoms. The van der Waals surface area contributed by atoms with Crippen molar-refractivity contribution >= 4 is 33.3 Å². The molecule has 1 N–H and O–H groups in total. The van der Waals surface area contributed by atoms with Gasteiger partial charge in [-0.15, -0.1) is 23.2 Å². The summed E-state index contributed by atoms with van der Waals surface area (Å²) in [6.45, 7) is 0. The van der Waals surface area contributed by atoms with Crippen LogP contribution in [-0.2, 0) is 10.1 Å². The van der Waals surface area contributed by atoms with E-state index < -0.39 is 15.6 Å². The predicted molar refractivity (Wildman–Crippen MR) is 253 cm³/mol. The Morgan fingerprint density at radius 1 is 0.477 bits per heavy atom. The lowest BCUT2D eigenvalue weighted by molar-refractivity contribution is -0.0500. The Bertz CT molecular complexity index is 2080. The summed E-state index contributed by atoms with van der Waals surface area (Å²) in [5.74, 6) is 16.3. The minimum absolute atomic E-state index is 0. The van der Waals surface area contributed by atoms with Crippen LogP contribution in [0.5, 0.6) is 11.5 Å². The average Bonchev–Trinajstić information content (AvgIpc) is 4.11. The van der Waals surface area contributed by atoms with E-state index in [1.54, 1.807) is 12.1 Å². The number of fused-ring (bicyclic) bond motifs is 20. The van der Waals surface area contributed by atoms with Gasteiger partial charge in [-0.3, -0.25) is 0 Å². The van der Waals surface area contributed by atoms with Crippen molar-refractivity contribution in [3.8, 4) is 11.5 Å². The molecule has 20 atom stereocenters. The van der Waals surface area contributed by atoms with Crippen LogP contribution < -0.4 is 4.18 Å². The Hall–Kier alpha value is -1.64. The van der Waals surface area contributed by atoms with Crippen molar-refractivity contribution in [3.05, 3.63) is 58.7 Å². The zero-order valence-electron chi connectivity index (χ0n) is 37.3. The average molecular weight is 958 g/mol. The van der Waals surface area contributed by atoms with Gasteiger partial charge in [0.2, 0.25) is 0 Å². The van der Waals surface area contributed by atoms with Crippen LogP contribution in [0.15, 0.2) is 36.4 Å². The molecule has 0 aromatic heterocycles. The van der Waals surface area contributed by atoms with Gasteiger partial charge in [-0.2, -0.15) is 21.6 Å². The van der Waals surface area contributed by atoms with E-state index in [1.165, 1.54) is 127 Å². The summed E-state index contributed by atoms with van der Waals surface area (Å²) in [4.78, 5) is 0. The third-order valence-electron chi connectivity index (χ3n) is 21.8. The Balaban J connectivity index is 0.000000137. The molecule has 20 unspecified atom stereocenters. The Morgan fingerprint density at radius 2 is 0.754 bits per heavy atom. The standard InChI is InChI=1S/C27H33F3O3S.C26H34O.CH2Cl2.CH4/c28-27(29,30)34(31,32)33-18-8-14(23-10-16-12-25(23)21-5-1-3-19(16)21)7-15(9-18)24-11-17-13-26(24)22-6-2-4-20(17)22;27-18-8-14(23-10-16-12-25(23)21-5-1-3-19(16)21)7-15(9-18)24-11-17-13-26(24)22-6-2-4-20(17)22;2-1-3;/h7-9,16-17,19-26H,1-6,10-13H2;7-9,16-17,19-27H,1-6,10-13H2;1H2;1H4. The van der Waals surface area contributed by atoms with Crippen molar-refractivity contribution in [2.45, 2.75) is 165 Å². The number of benzene rings is 2. The first-order chi connectivity index (χ1) is 30.9. The fourth-order valence-corrected chi connectivity index (χ4v) is 20.6. The number of hydrogen-bond donors (Lipinski definition) is 1. The van der Waals surface area contributed by atoms with E-state index in [0.717, 1.165) is 119 Å². The van der Waals surface area contributed by atoms with Gasteiger partial charge in [-0.25, -0.2) is 0 Å². The fraction of sp³-hybridized carbons (Fsp3) is 0.782. The molecule has 0 spiro atoms. The quantitative estimate of drug-likeness (QED) is 0.178. The summed E-state index contributed by atoms with van der Waals surface area (Å²) >= 11 is 9.53. The van der Waals surface area contributed by atoms with Crippen LogP contribution in [0.4, 0.5) is 13.2 Å². The second kappa shape index (κ2) is 17.3. The van der Waals surface area contributed by atoms with Gasteiger partial charge in [0.15, 0.2) is 0 Å². The third-order valence-corrected chi connectivity index (χ3v) is 22.8. The molecule has 12 aliphatic rings. The smallest absolute Gasteiger partial charge is 0.508 e. The van der Waals surface area contributed by atoms with Crippen LogP contribution >= 0.6 is 23.2 Å². The SMILES string of the molecule is C.ClCCl.O=S(=O)(Oc1cc(C2CC3CC2C2CCCC32)cc(C2CC3CC2C2CCCC32)c1)C(F)(F)F.Oc1cc(C2CC3CC2C2CCCC32)cc(C2CC3CC2C2CCCC32)c1. The monoisotopic (exact) mass is 956 g/mol. The normalized spacial score (nSPS) is 45.1. The maximum atomic E-state index is 13.1. The van der Waals surface area contributed by atoms with Gasteiger partial charge in [0, 0.05) is 0 Å². The van der Waals surface area contributed by atoms with Crippen molar-refractivity contribution in [1.29, 1.82) is 0 Å². The highest BCUT2D eigenvalue weighted by atomic mass is 35.5. The van der Waals surface area contributed by atoms with Gasteiger partial charge in [0.05, 0.1) is 5.34 Å². The molecule has 12 aliphatic carbocycles. The van der Waals surface area contributed by atoms with Crippen LogP contribution in [0.1, 0.15) is 182 Å². The minimum atomic E-state index is -5.68. The maximum absolute atomic E-state index is 13.1. The highest BCUT2D eigenvalue weighted by Gasteiger charge is 2.58. The van der Waals surface area contributed by atoms with Gasteiger partial charge in [-0.1, -0.05) is 45.2 Å². The third kappa shape index (κ3) is 7.65. The molecule has 0 heterocycles. The highest BCUT2D eigenvalue weighted by Crippen LogP contribution is 2.68. The molecule has 14 rings (SSSR count). The van der Waals surface area contributed by atoms with E-state index in [0.29, 0.717) is 29.4 Å². The van der Waals surface area contributed by atoms with Gasteiger partial charge >= 0.3 is 15.6 Å². The number of phenols is 1. The van der Waals surface area contributed by atoms with E-state index in [2.05, 4.69) is 24.3 Å². The first-order valence-electron chi connectivity index (χ1n) is 26.0. The summed E-state index contributed by atoms with van der Waals surface area (Å²) in [6, 6.07) is 12.3. The highest BCUT2D eigenvalue weighted by molar-refractivity contribution is 7.88. The molecule has 4 nitrogen and oxygen atoms in total. The zero-order chi connectivity index (χ0) is 43.8. The van der Waals surface area contributed by atoms with Crippen LogP contribution in [0.2, 0.25) is 0 Å². The molecule has 0 radical (unpaired) electrons. The van der Waals surface area contributed by atoms with Gasteiger partial charge < -0.3 is 9.29 Å². The van der Waals surface area contributed by atoms with Crippen molar-refractivity contribution < 1.29 is 30.9 Å². The molecular weight excluding hydrogens is 885 g/mol. The van der Waals surface area contributed by atoms with E-state index in [-0.39, 0.29) is 18.5 Å². The molecule has 2 aromatic rings. The Labute approximate surface area is 397 Å². The number of hydrogen-bond acceptors (Lipinski definition) is 4. The van der Waals surface area contributed by atoms with E-state index in [9.17, 15) is 26.7 Å². The summed E-state index contributed by atoms with van der Waals surface area (Å²) in [5, 5.41) is 10.8. The van der Waals surface area contributed by atoms with Crippen LogP contribution in [0, 0.1) is 94.7 Å². The second-order valence-corrected chi connectivity index (χ2v) is 26.2.